The summed E-state index contributed by atoms with van der Waals surface area (Å²) in [5.74, 6) is 1.45. The van der Waals surface area contributed by atoms with Crippen molar-refractivity contribution in [1.29, 1.82) is 0 Å². The summed E-state index contributed by atoms with van der Waals surface area (Å²) in [7, 11) is 0. The number of pyridine rings is 2. The van der Waals surface area contributed by atoms with Gasteiger partial charge in [0.2, 0.25) is 23.8 Å². The van der Waals surface area contributed by atoms with Crippen LogP contribution in [0.2, 0.25) is 0 Å². The predicted molar refractivity (Wildman–Crippen MR) is 197 cm³/mol. The number of aliphatic hydroxyl groups excluding tert-OH is 1. The van der Waals surface area contributed by atoms with E-state index in [2.05, 4.69) is 61.1 Å². The molecule has 2 aliphatic rings. The Labute approximate surface area is 317 Å². The highest BCUT2D eigenvalue weighted by atomic mass is 19.4. The van der Waals surface area contributed by atoms with Crippen molar-refractivity contribution < 1.29 is 36.2 Å². The maximum absolute atomic E-state index is 12.9. The highest BCUT2D eigenvalue weighted by Gasteiger charge is 2.33. The van der Waals surface area contributed by atoms with Gasteiger partial charge < -0.3 is 26.4 Å². The molecule has 0 aliphatic heterocycles. The third kappa shape index (κ3) is 12.1. The second-order valence-corrected chi connectivity index (χ2v) is 13.5. The molecule has 0 fully saturated rings. The molecule has 0 aromatic carbocycles. The Morgan fingerprint density at radius 1 is 0.661 bits per heavy atom. The topological polar surface area (TPSA) is 189 Å². The lowest BCUT2D eigenvalue weighted by Crippen LogP contribution is -2.16. The van der Waals surface area contributed by atoms with E-state index >= 15 is 0 Å². The van der Waals surface area contributed by atoms with Gasteiger partial charge in [-0.25, -0.2) is 0 Å². The molecule has 56 heavy (non-hydrogen) atoms. The fourth-order valence-corrected chi connectivity index (χ4v) is 5.44. The molecule has 4 aromatic heterocycles. The van der Waals surface area contributed by atoms with Gasteiger partial charge in [0.05, 0.1) is 6.10 Å². The molecule has 20 heteroatoms. The third-order valence-corrected chi connectivity index (χ3v) is 7.84. The molecule has 4 heterocycles. The quantitative estimate of drug-likeness (QED) is 0.0981. The minimum Gasteiger partial charge on any atom is -0.389 e. The van der Waals surface area contributed by atoms with E-state index in [-0.39, 0.29) is 47.1 Å². The van der Waals surface area contributed by atoms with E-state index < -0.39 is 29.8 Å². The van der Waals surface area contributed by atoms with Crippen molar-refractivity contribution >= 4 is 52.1 Å². The second kappa shape index (κ2) is 17.8. The Bertz CT molecular complexity index is 2070. The summed E-state index contributed by atoms with van der Waals surface area (Å²) in [4.78, 5) is 44.2. The molecule has 0 spiro atoms. The van der Waals surface area contributed by atoms with Crippen molar-refractivity contribution in [2.75, 3.05) is 21.3 Å². The van der Waals surface area contributed by atoms with Crippen molar-refractivity contribution in [3.63, 3.8) is 0 Å². The summed E-state index contributed by atoms with van der Waals surface area (Å²) in [5, 5.41) is 21.6. The van der Waals surface area contributed by atoms with Gasteiger partial charge in [-0.05, 0) is 102 Å². The molecule has 0 radical (unpaired) electrons. The summed E-state index contributed by atoms with van der Waals surface area (Å²) in [6, 6.07) is 4.63. The lowest BCUT2D eigenvalue weighted by atomic mass is 9.97. The van der Waals surface area contributed by atoms with Gasteiger partial charge >= 0.3 is 12.4 Å². The molecule has 0 saturated heterocycles. The van der Waals surface area contributed by atoms with Crippen molar-refractivity contribution in [1.82, 2.24) is 39.9 Å². The molecule has 14 nitrogen and oxygen atoms in total. The second-order valence-electron chi connectivity index (χ2n) is 13.5. The Morgan fingerprint density at radius 3 is 1.57 bits per heavy atom. The first-order valence-electron chi connectivity index (χ1n) is 17.7. The first-order chi connectivity index (χ1) is 26.4. The van der Waals surface area contributed by atoms with Gasteiger partial charge in [-0.2, -0.15) is 56.2 Å². The lowest BCUT2D eigenvalue weighted by Gasteiger charge is -2.18. The van der Waals surface area contributed by atoms with E-state index in [1.54, 1.807) is 6.08 Å². The zero-order valence-corrected chi connectivity index (χ0v) is 30.8. The number of hydrogen-bond acceptors (Lipinski definition) is 14. The summed E-state index contributed by atoms with van der Waals surface area (Å²) >= 11 is 0. The van der Waals surface area contributed by atoms with E-state index in [0.717, 1.165) is 36.5 Å². The van der Waals surface area contributed by atoms with Crippen LogP contribution in [0.5, 0.6) is 0 Å². The molecule has 0 bridgehead atoms. The summed E-state index contributed by atoms with van der Waals surface area (Å²) in [6.07, 6.45) is -0.322. The first kappa shape index (κ1) is 41.4. The normalized spacial score (nSPS) is 16.1. The smallest absolute Gasteiger partial charge is 0.389 e. The number of ketones is 1. The number of halogens is 6. The van der Waals surface area contributed by atoms with E-state index in [1.807, 2.05) is 27.7 Å². The molecular formula is C36H40F6N12O2. The molecule has 0 amide bonds. The number of nitrogens with one attached hydrogen (secondary N) is 4. The van der Waals surface area contributed by atoms with E-state index in [9.17, 15) is 36.2 Å². The maximum Gasteiger partial charge on any atom is 0.433 e. The minimum atomic E-state index is -4.56. The van der Waals surface area contributed by atoms with E-state index in [4.69, 9.17) is 0 Å². The molecule has 298 valence electrons. The Hall–Kier alpha value is -5.79. The molecule has 0 saturated carbocycles. The number of carbonyl (C=O) groups excluding carboxylic acids is 1. The van der Waals surface area contributed by atoms with Gasteiger partial charge in [0.15, 0.2) is 17.4 Å². The SMILES string of the molecule is CC(C)Nc1nc(Nc2ccnc(C(F)(F)F)c2)nc(C2=CC(=O)CCC2)n1.CC(C)Nc1nc(Nc2ccnc(C(F)(F)F)c2)nc(C2=CC(O)CCC2)n1. The average Bonchev–Trinajstić information content (AvgIpc) is 3.11. The number of nitrogens with zero attached hydrogens (tertiary/aromatic N) is 8. The van der Waals surface area contributed by atoms with Crippen molar-refractivity contribution in [3.8, 4) is 0 Å². The minimum absolute atomic E-state index is 0.00140. The Morgan fingerprint density at radius 2 is 1.12 bits per heavy atom. The number of carbonyl (C=O) groups is 1. The molecule has 6 rings (SSSR count). The zero-order chi connectivity index (χ0) is 40.6. The molecule has 2 aliphatic carbocycles. The molecule has 4 aromatic rings. The van der Waals surface area contributed by atoms with Crippen LogP contribution < -0.4 is 21.3 Å². The number of anilines is 6. The van der Waals surface area contributed by atoms with Crippen LogP contribution in [-0.2, 0) is 17.1 Å². The number of allylic oxidation sites excluding steroid dienone is 3. The van der Waals surface area contributed by atoms with E-state index in [0.29, 0.717) is 55.3 Å². The number of hydrogen-bond donors (Lipinski definition) is 5. The first-order valence-corrected chi connectivity index (χ1v) is 17.7. The van der Waals surface area contributed by atoms with Crippen LogP contribution >= 0.6 is 0 Å². The molecule has 1 atom stereocenters. The highest BCUT2D eigenvalue weighted by Crippen LogP contribution is 2.32. The fourth-order valence-electron chi connectivity index (χ4n) is 5.44. The Kier molecular flexibility index (Phi) is 13.1. The van der Waals surface area contributed by atoms with Gasteiger partial charge in [0.1, 0.15) is 11.4 Å². The molecule has 5 N–H and O–H groups in total. The fraction of sp³-hybridized carbons (Fsp3) is 0.417. The zero-order valence-electron chi connectivity index (χ0n) is 30.8. The van der Waals surface area contributed by atoms with Crippen LogP contribution in [0.15, 0.2) is 48.8 Å². The number of aliphatic hydroxyl groups is 1. The predicted octanol–water partition coefficient (Wildman–Crippen LogP) is 7.76. The van der Waals surface area contributed by atoms with Crippen molar-refractivity contribution in [2.45, 2.75) is 96.8 Å². The van der Waals surface area contributed by atoms with Crippen LogP contribution in [-0.4, -0.2) is 68.9 Å². The van der Waals surface area contributed by atoms with Gasteiger partial charge in [-0.1, -0.05) is 0 Å². The summed E-state index contributed by atoms with van der Waals surface area (Å²) in [6.45, 7) is 7.63. The largest absolute Gasteiger partial charge is 0.433 e. The number of alkyl halides is 6. The third-order valence-electron chi connectivity index (χ3n) is 7.84. The van der Waals surface area contributed by atoms with Crippen LogP contribution in [0.3, 0.4) is 0 Å². The lowest BCUT2D eigenvalue weighted by molar-refractivity contribution is -0.141. The van der Waals surface area contributed by atoms with E-state index in [1.165, 1.54) is 18.2 Å². The van der Waals surface area contributed by atoms with Gasteiger partial charge in [0, 0.05) is 47.8 Å². The van der Waals surface area contributed by atoms with Crippen molar-refractivity contribution in [2.24, 2.45) is 0 Å². The number of rotatable bonds is 10. The summed E-state index contributed by atoms with van der Waals surface area (Å²) < 4.78 is 77.3. The van der Waals surface area contributed by atoms with Gasteiger partial charge in [-0.3, -0.25) is 14.8 Å². The highest BCUT2D eigenvalue weighted by molar-refractivity contribution is 5.97. The van der Waals surface area contributed by atoms with Gasteiger partial charge in [-0.15, -0.1) is 0 Å². The monoisotopic (exact) mass is 786 g/mol. The van der Waals surface area contributed by atoms with Gasteiger partial charge in [0.25, 0.3) is 0 Å². The molecule has 1 unspecified atom stereocenters. The van der Waals surface area contributed by atoms with Crippen LogP contribution in [0.25, 0.3) is 11.1 Å². The molecular weight excluding hydrogens is 746 g/mol. The standard InChI is InChI=1S/C18H21F3N6O.C18H19F3N6O/c2*1-10(2)23-16-25-15(11-4-3-5-13(28)8-11)26-17(27-16)24-12-6-7-22-14(9-12)18(19,20)21/h6-10,13,28H,3-5H2,1-2H3,(H2,22,23,24,25,26,27);6-10H,3-5H2,1-2H3,(H2,22,23,24,25,26,27). The van der Waals surface area contributed by atoms with Crippen LogP contribution in [0.4, 0.5) is 61.5 Å². The Balaban J connectivity index is 0.000000214. The number of aromatic nitrogens is 8. The summed E-state index contributed by atoms with van der Waals surface area (Å²) in [5.41, 5.74) is -0.268. The van der Waals surface area contributed by atoms with Crippen LogP contribution in [0, 0.1) is 0 Å². The van der Waals surface area contributed by atoms with Crippen LogP contribution in [0.1, 0.15) is 89.3 Å². The van der Waals surface area contributed by atoms with Crippen molar-refractivity contribution in [3.05, 3.63) is 71.8 Å². The maximum atomic E-state index is 12.9. The average molecular weight is 787 g/mol.